The van der Waals surface area contributed by atoms with Crippen LogP contribution in [0.4, 0.5) is 10.1 Å². The molecule has 0 amide bonds. The molecule has 4 heteroatoms. The Labute approximate surface area is 101 Å². The molecular weight excluding hydrogens is 219 g/mol. The first-order valence-corrected chi connectivity index (χ1v) is 5.93. The van der Waals surface area contributed by atoms with Gasteiger partial charge in [-0.25, -0.2) is 4.39 Å². The van der Waals surface area contributed by atoms with E-state index >= 15 is 0 Å². The first kappa shape index (κ1) is 12.3. The van der Waals surface area contributed by atoms with Gasteiger partial charge in [0, 0.05) is 30.4 Å². The molecule has 0 saturated carbocycles. The lowest BCUT2D eigenvalue weighted by atomic mass is 10.1. The number of likely N-dealkylation sites (N-methyl/N-ethyl adjacent to an activating group) is 1. The van der Waals surface area contributed by atoms with Gasteiger partial charge in [-0.15, -0.1) is 0 Å². The lowest BCUT2D eigenvalue weighted by Crippen LogP contribution is -2.36. The van der Waals surface area contributed by atoms with E-state index in [0.717, 1.165) is 13.0 Å². The Hall–Kier alpha value is -1.13. The molecule has 17 heavy (non-hydrogen) atoms. The number of halogens is 1. The summed E-state index contributed by atoms with van der Waals surface area (Å²) >= 11 is 0. The van der Waals surface area contributed by atoms with Crippen molar-refractivity contribution in [3.8, 4) is 0 Å². The van der Waals surface area contributed by atoms with Crippen molar-refractivity contribution in [1.29, 1.82) is 0 Å². The quantitative estimate of drug-likeness (QED) is 0.819. The van der Waals surface area contributed by atoms with E-state index in [1.54, 1.807) is 12.1 Å². The predicted octanol–water partition coefficient (Wildman–Crippen LogP) is 2.02. The SMILES string of the molecule is CC1OCCC1N(C)Cc1ccc(N)cc1F. The van der Waals surface area contributed by atoms with Gasteiger partial charge in [0.15, 0.2) is 0 Å². The van der Waals surface area contributed by atoms with Crippen molar-refractivity contribution in [1.82, 2.24) is 4.90 Å². The Bertz CT molecular complexity index is 397. The van der Waals surface area contributed by atoms with Gasteiger partial charge < -0.3 is 10.5 Å². The second-order valence-electron chi connectivity index (χ2n) is 4.70. The lowest BCUT2D eigenvalue weighted by molar-refractivity contribution is 0.0811. The molecule has 94 valence electrons. The van der Waals surface area contributed by atoms with E-state index in [1.807, 2.05) is 7.05 Å². The van der Waals surface area contributed by atoms with Crippen LogP contribution in [0, 0.1) is 5.82 Å². The van der Waals surface area contributed by atoms with Gasteiger partial charge in [0.25, 0.3) is 0 Å². The molecule has 2 N–H and O–H groups in total. The first-order valence-electron chi connectivity index (χ1n) is 5.93. The summed E-state index contributed by atoms with van der Waals surface area (Å²) in [4.78, 5) is 2.15. The van der Waals surface area contributed by atoms with Gasteiger partial charge in [-0.1, -0.05) is 6.07 Å². The standard InChI is InChI=1S/C13H19FN2O/c1-9-13(5-6-17-9)16(2)8-10-3-4-11(15)7-12(10)14/h3-4,7,9,13H,5-6,8,15H2,1-2H3. The summed E-state index contributed by atoms with van der Waals surface area (Å²) < 4.78 is 19.2. The summed E-state index contributed by atoms with van der Waals surface area (Å²) in [6.45, 7) is 3.44. The smallest absolute Gasteiger partial charge is 0.129 e. The summed E-state index contributed by atoms with van der Waals surface area (Å²) in [7, 11) is 2.01. The van der Waals surface area contributed by atoms with Crippen LogP contribution in [-0.4, -0.2) is 30.7 Å². The lowest BCUT2D eigenvalue weighted by Gasteiger charge is -2.26. The molecule has 1 aromatic rings. The van der Waals surface area contributed by atoms with Gasteiger partial charge in [0.2, 0.25) is 0 Å². The van der Waals surface area contributed by atoms with Crippen LogP contribution in [0.25, 0.3) is 0 Å². The molecule has 1 aliphatic rings. The molecule has 1 aliphatic heterocycles. The van der Waals surface area contributed by atoms with Crippen LogP contribution in [0.5, 0.6) is 0 Å². The van der Waals surface area contributed by atoms with Crippen molar-refractivity contribution in [3.63, 3.8) is 0 Å². The largest absolute Gasteiger partial charge is 0.399 e. The first-order chi connectivity index (χ1) is 8.08. The Morgan fingerprint density at radius 2 is 2.29 bits per heavy atom. The molecule has 2 rings (SSSR count). The molecule has 0 aliphatic carbocycles. The van der Waals surface area contributed by atoms with E-state index < -0.39 is 0 Å². The van der Waals surface area contributed by atoms with E-state index in [4.69, 9.17) is 10.5 Å². The van der Waals surface area contributed by atoms with Crippen molar-refractivity contribution < 1.29 is 9.13 Å². The molecule has 2 unspecified atom stereocenters. The van der Waals surface area contributed by atoms with Crippen LogP contribution in [0.1, 0.15) is 18.9 Å². The minimum Gasteiger partial charge on any atom is -0.399 e. The Morgan fingerprint density at radius 3 is 2.88 bits per heavy atom. The highest BCUT2D eigenvalue weighted by Gasteiger charge is 2.28. The highest BCUT2D eigenvalue weighted by Crippen LogP contribution is 2.21. The number of benzene rings is 1. The minimum atomic E-state index is -0.233. The molecule has 1 fully saturated rings. The highest BCUT2D eigenvalue weighted by molar-refractivity contribution is 5.40. The van der Waals surface area contributed by atoms with Crippen LogP contribution in [0.3, 0.4) is 0 Å². The predicted molar refractivity (Wildman–Crippen MR) is 66.1 cm³/mol. The third kappa shape index (κ3) is 2.76. The summed E-state index contributed by atoms with van der Waals surface area (Å²) in [6.07, 6.45) is 1.23. The Balaban J connectivity index is 2.04. The average Bonchev–Trinajstić information content (AvgIpc) is 2.68. The second kappa shape index (κ2) is 5.02. The zero-order valence-electron chi connectivity index (χ0n) is 10.3. The topological polar surface area (TPSA) is 38.5 Å². The van der Waals surface area contributed by atoms with E-state index in [9.17, 15) is 4.39 Å². The van der Waals surface area contributed by atoms with Crippen LogP contribution in [0.2, 0.25) is 0 Å². The zero-order chi connectivity index (χ0) is 12.4. The van der Waals surface area contributed by atoms with Gasteiger partial charge in [0.05, 0.1) is 6.10 Å². The normalized spacial score (nSPS) is 24.5. The number of hydrogen-bond acceptors (Lipinski definition) is 3. The fourth-order valence-electron chi connectivity index (χ4n) is 2.38. The van der Waals surface area contributed by atoms with Gasteiger partial charge in [-0.3, -0.25) is 4.90 Å². The second-order valence-corrected chi connectivity index (χ2v) is 4.70. The maximum Gasteiger partial charge on any atom is 0.129 e. The fourth-order valence-corrected chi connectivity index (χ4v) is 2.38. The molecule has 0 radical (unpaired) electrons. The Morgan fingerprint density at radius 1 is 1.53 bits per heavy atom. The van der Waals surface area contributed by atoms with Crippen molar-refractivity contribution in [3.05, 3.63) is 29.6 Å². The van der Waals surface area contributed by atoms with Crippen molar-refractivity contribution in [2.24, 2.45) is 0 Å². The molecule has 0 bridgehead atoms. The highest BCUT2D eigenvalue weighted by atomic mass is 19.1. The molecular formula is C13H19FN2O. The molecule has 1 aromatic carbocycles. The van der Waals surface area contributed by atoms with E-state index in [0.29, 0.717) is 23.8 Å². The van der Waals surface area contributed by atoms with Gasteiger partial charge in [-0.05, 0) is 32.5 Å². The zero-order valence-corrected chi connectivity index (χ0v) is 10.3. The monoisotopic (exact) mass is 238 g/mol. The Kier molecular flexibility index (Phi) is 3.64. The molecule has 3 nitrogen and oxygen atoms in total. The van der Waals surface area contributed by atoms with E-state index in [2.05, 4.69) is 11.8 Å². The van der Waals surface area contributed by atoms with Gasteiger partial charge >= 0.3 is 0 Å². The summed E-state index contributed by atoms with van der Waals surface area (Å²) in [5, 5.41) is 0. The number of hydrogen-bond donors (Lipinski definition) is 1. The summed E-state index contributed by atoms with van der Waals surface area (Å²) in [5.41, 5.74) is 6.67. The summed E-state index contributed by atoms with van der Waals surface area (Å²) in [6, 6.07) is 5.23. The number of nitrogens with two attached hydrogens (primary N) is 1. The molecule has 0 aromatic heterocycles. The third-order valence-corrected chi connectivity index (χ3v) is 3.40. The van der Waals surface area contributed by atoms with Crippen LogP contribution in [-0.2, 0) is 11.3 Å². The van der Waals surface area contributed by atoms with Crippen molar-refractivity contribution in [2.75, 3.05) is 19.4 Å². The molecule has 2 atom stereocenters. The number of rotatable bonds is 3. The number of ether oxygens (including phenoxy) is 1. The maximum absolute atomic E-state index is 13.7. The van der Waals surface area contributed by atoms with E-state index in [-0.39, 0.29) is 11.9 Å². The van der Waals surface area contributed by atoms with E-state index in [1.165, 1.54) is 6.07 Å². The third-order valence-electron chi connectivity index (χ3n) is 3.40. The number of nitrogen functional groups attached to an aromatic ring is 1. The van der Waals surface area contributed by atoms with Crippen LogP contribution >= 0.6 is 0 Å². The average molecular weight is 238 g/mol. The maximum atomic E-state index is 13.7. The minimum absolute atomic E-state index is 0.219. The van der Waals surface area contributed by atoms with Crippen molar-refractivity contribution >= 4 is 5.69 Å². The van der Waals surface area contributed by atoms with Crippen LogP contribution in [0.15, 0.2) is 18.2 Å². The van der Waals surface area contributed by atoms with Gasteiger partial charge in [-0.2, -0.15) is 0 Å². The fraction of sp³-hybridized carbons (Fsp3) is 0.538. The van der Waals surface area contributed by atoms with Crippen molar-refractivity contribution in [2.45, 2.75) is 32.0 Å². The number of anilines is 1. The summed E-state index contributed by atoms with van der Waals surface area (Å²) in [5.74, 6) is -0.233. The number of nitrogens with zero attached hydrogens (tertiary/aromatic N) is 1. The molecule has 1 saturated heterocycles. The molecule has 1 heterocycles. The van der Waals surface area contributed by atoms with Crippen LogP contribution < -0.4 is 5.73 Å². The van der Waals surface area contributed by atoms with Gasteiger partial charge in [0.1, 0.15) is 5.82 Å². The molecule has 0 spiro atoms.